The number of methoxy groups -OCH3 is 1. The molecule has 4 rings (SSSR count). The lowest BCUT2D eigenvalue weighted by molar-refractivity contribution is 0.198. The molecule has 3 aromatic rings. The molecule has 3 heterocycles. The van der Waals surface area contributed by atoms with Gasteiger partial charge in [0.25, 0.3) is 0 Å². The number of nitrogens with zero attached hydrogens (tertiary/aromatic N) is 2. The van der Waals surface area contributed by atoms with Crippen LogP contribution in [0.1, 0.15) is 42.5 Å². The highest BCUT2D eigenvalue weighted by molar-refractivity contribution is 5.76. The molecule has 5 nitrogen and oxygen atoms in total. The van der Waals surface area contributed by atoms with Crippen LogP contribution in [0.4, 0.5) is 0 Å². The number of aryl methyl sites for hydroxylation is 1. The lowest BCUT2D eigenvalue weighted by atomic mass is 9.94. The molecule has 0 bridgehead atoms. The quantitative estimate of drug-likeness (QED) is 0.677. The number of rotatable bonds is 6. The van der Waals surface area contributed by atoms with Gasteiger partial charge in [0.1, 0.15) is 5.65 Å². The molecule has 2 aromatic heterocycles. The van der Waals surface area contributed by atoms with Gasteiger partial charge >= 0.3 is 0 Å². The van der Waals surface area contributed by atoms with Crippen molar-refractivity contribution in [2.45, 2.75) is 39.2 Å². The van der Waals surface area contributed by atoms with E-state index >= 15 is 0 Å². The second kappa shape index (κ2) is 8.23. The number of hydrogen-bond donors (Lipinski definition) is 1. The molecule has 0 spiro atoms. The van der Waals surface area contributed by atoms with E-state index in [4.69, 9.17) is 9.47 Å². The minimum Gasteiger partial charge on any atom is -0.493 e. The highest BCUT2D eigenvalue weighted by Crippen LogP contribution is 2.33. The number of pyridine rings is 1. The molecule has 1 N–H and O–H groups in total. The van der Waals surface area contributed by atoms with Crippen molar-refractivity contribution < 1.29 is 9.47 Å². The standard InChI is InChI=1S/C23H29N3O2/c1-4-28-22-13-19(16(2)11-21(22)27-3)15-26-10-6-8-18(14-26)20-12-17-7-5-9-24-23(17)25-20/h5,7,9,11-13,18H,4,6,8,10,14-15H2,1-3H3,(H,24,25)/t18-/m0/s1. The average molecular weight is 380 g/mol. The number of benzene rings is 1. The lowest BCUT2D eigenvalue weighted by Gasteiger charge is -2.33. The van der Waals surface area contributed by atoms with Crippen LogP contribution in [0.25, 0.3) is 11.0 Å². The van der Waals surface area contributed by atoms with Crippen molar-refractivity contribution in [3.63, 3.8) is 0 Å². The summed E-state index contributed by atoms with van der Waals surface area (Å²) in [6.07, 6.45) is 4.27. The maximum Gasteiger partial charge on any atom is 0.161 e. The van der Waals surface area contributed by atoms with E-state index in [1.54, 1.807) is 7.11 Å². The van der Waals surface area contributed by atoms with E-state index in [0.29, 0.717) is 12.5 Å². The second-order valence-electron chi connectivity index (χ2n) is 7.60. The van der Waals surface area contributed by atoms with Crippen LogP contribution in [0.15, 0.2) is 36.5 Å². The predicted molar refractivity (Wildman–Crippen MR) is 112 cm³/mol. The van der Waals surface area contributed by atoms with Crippen molar-refractivity contribution in [3.8, 4) is 11.5 Å². The molecule has 0 amide bonds. The number of likely N-dealkylation sites (tertiary alicyclic amines) is 1. The van der Waals surface area contributed by atoms with Gasteiger partial charge in [-0.3, -0.25) is 4.90 Å². The van der Waals surface area contributed by atoms with Crippen LogP contribution in [-0.4, -0.2) is 41.7 Å². The molecule has 28 heavy (non-hydrogen) atoms. The summed E-state index contributed by atoms with van der Waals surface area (Å²) >= 11 is 0. The molecular formula is C23H29N3O2. The third-order valence-corrected chi connectivity index (χ3v) is 5.67. The highest BCUT2D eigenvalue weighted by atomic mass is 16.5. The molecule has 1 aliphatic rings. The summed E-state index contributed by atoms with van der Waals surface area (Å²) in [6, 6.07) is 10.6. The van der Waals surface area contributed by atoms with Crippen LogP contribution in [-0.2, 0) is 6.54 Å². The van der Waals surface area contributed by atoms with Crippen molar-refractivity contribution in [2.75, 3.05) is 26.8 Å². The normalized spacial score (nSPS) is 17.8. The van der Waals surface area contributed by atoms with Crippen molar-refractivity contribution in [2.24, 2.45) is 0 Å². The molecule has 1 saturated heterocycles. The van der Waals surface area contributed by atoms with Crippen molar-refractivity contribution in [3.05, 3.63) is 53.3 Å². The van der Waals surface area contributed by atoms with E-state index in [-0.39, 0.29) is 0 Å². The fraction of sp³-hybridized carbons (Fsp3) is 0.435. The fourth-order valence-electron chi connectivity index (χ4n) is 4.19. The zero-order valence-electron chi connectivity index (χ0n) is 17.0. The summed E-state index contributed by atoms with van der Waals surface area (Å²) in [4.78, 5) is 10.5. The zero-order chi connectivity index (χ0) is 19.5. The number of hydrogen-bond acceptors (Lipinski definition) is 4. The predicted octanol–water partition coefficient (Wildman–Crippen LogP) is 4.66. The van der Waals surface area contributed by atoms with E-state index in [2.05, 4.69) is 46.1 Å². The summed E-state index contributed by atoms with van der Waals surface area (Å²) in [6.45, 7) is 7.92. The van der Waals surface area contributed by atoms with E-state index in [0.717, 1.165) is 36.8 Å². The van der Waals surface area contributed by atoms with Gasteiger partial charge in [-0.15, -0.1) is 0 Å². The highest BCUT2D eigenvalue weighted by Gasteiger charge is 2.23. The van der Waals surface area contributed by atoms with E-state index < -0.39 is 0 Å². The largest absolute Gasteiger partial charge is 0.493 e. The number of nitrogens with one attached hydrogen (secondary N) is 1. The zero-order valence-corrected chi connectivity index (χ0v) is 17.0. The number of fused-ring (bicyclic) bond motifs is 1. The summed E-state index contributed by atoms with van der Waals surface area (Å²) in [5.41, 5.74) is 4.85. The summed E-state index contributed by atoms with van der Waals surface area (Å²) in [5, 5.41) is 1.20. The number of H-pyrrole nitrogens is 1. The Morgan fingerprint density at radius 2 is 2.14 bits per heavy atom. The molecule has 1 atom stereocenters. The Kier molecular flexibility index (Phi) is 5.53. The van der Waals surface area contributed by atoms with Gasteiger partial charge in [0.05, 0.1) is 13.7 Å². The Hall–Kier alpha value is -2.53. The van der Waals surface area contributed by atoms with E-state index in [1.807, 2.05) is 19.2 Å². The molecule has 148 valence electrons. The van der Waals surface area contributed by atoms with Crippen LogP contribution in [0, 0.1) is 6.92 Å². The third kappa shape index (κ3) is 3.85. The monoisotopic (exact) mass is 379 g/mol. The number of ether oxygens (including phenoxy) is 2. The number of aromatic nitrogens is 2. The molecule has 0 aliphatic carbocycles. The fourth-order valence-corrected chi connectivity index (χ4v) is 4.19. The Bertz CT molecular complexity index is 917. The smallest absolute Gasteiger partial charge is 0.161 e. The Labute approximate surface area is 166 Å². The van der Waals surface area contributed by atoms with Gasteiger partial charge in [-0.2, -0.15) is 0 Å². The molecule has 1 fully saturated rings. The maximum absolute atomic E-state index is 5.78. The van der Waals surface area contributed by atoms with Crippen molar-refractivity contribution in [1.29, 1.82) is 0 Å². The summed E-state index contributed by atoms with van der Waals surface area (Å²) in [5.74, 6) is 2.17. The van der Waals surface area contributed by atoms with Crippen LogP contribution >= 0.6 is 0 Å². The van der Waals surface area contributed by atoms with Crippen LogP contribution in [0.3, 0.4) is 0 Å². The third-order valence-electron chi connectivity index (χ3n) is 5.67. The minimum atomic E-state index is 0.521. The van der Waals surface area contributed by atoms with Gasteiger partial charge in [0, 0.05) is 36.3 Å². The Morgan fingerprint density at radius 1 is 1.25 bits per heavy atom. The van der Waals surface area contributed by atoms with E-state index in [9.17, 15) is 0 Å². The van der Waals surface area contributed by atoms with E-state index in [1.165, 1.54) is 35.0 Å². The molecule has 5 heteroatoms. The van der Waals surface area contributed by atoms with Gasteiger partial charge in [0.15, 0.2) is 11.5 Å². The molecule has 0 radical (unpaired) electrons. The molecular weight excluding hydrogens is 350 g/mol. The molecule has 1 aromatic carbocycles. The van der Waals surface area contributed by atoms with Gasteiger partial charge in [-0.05, 0) is 74.7 Å². The van der Waals surface area contributed by atoms with Crippen LogP contribution in [0.2, 0.25) is 0 Å². The lowest BCUT2D eigenvalue weighted by Crippen LogP contribution is -2.34. The van der Waals surface area contributed by atoms with Crippen LogP contribution < -0.4 is 9.47 Å². The second-order valence-corrected chi connectivity index (χ2v) is 7.60. The molecule has 0 unspecified atom stereocenters. The van der Waals surface area contributed by atoms with Crippen LogP contribution in [0.5, 0.6) is 11.5 Å². The Balaban J connectivity index is 1.51. The minimum absolute atomic E-state index is 0.521. The van der Waals surface area contributed by atoms with Gasteiger partial charge in [-0.1, -0.05) is 0 Å². The average Bonchev–Trinajstić information content (AvgIpc) is 3.15. The van der Waals surface area contributed by atoms with Crippen molar-refractivity contribution in [1.82, 2.24) is 14.9 Å². The topological polar surface area (TPSA) is 50.4 Å². The van der Waals surface area contributed by atoms with Gasteiger partial charge in [-0.25, -0.2) is 4.98 Å². The number of aromatic amines is 1. The SMILES string of the molecule is CCOc1cc(CN2CCC[C@H](c3cc4cccnc4[nH]3)C2)c(C)cc1OC. The molecule has 0 saturated carbocycles. The van der Waals surface area contributed by atoms with Gasteiger partial charge < -0.3 is 14.5 Å². The first kappa shape index (κ1) is 18.8. The number of piperidine rings is 1. The first-order valence-electron chi connectivity index (χ1n) is 10.1. The molecule has 1 aliphatic heterocycles. The van der Waals surface area contributed by atoms with Gasteiger partial charge in [0.2, 0.25) is 0 Å². The first-order chi connectivity index (χ1) is 13.7. The Morgan fingerprint density at radius 3 is 2.93 bits per heavy atom. The summed E-state index contributed by atoms with van der Waals surface area (Å²) < 4.78 is 11.3. The summed E-state index contributed by atoms with van der Waals surface area (Å²) in [7, 11) is 1.70. The first-order valence-corrected chi connectivity index (χ1v) is 10.1. The van der Waals surface area contributed by atoms with Crippen molar-refractivity contribution >= 4 is 11.0 Å². The maximum atomic E-state index is 5.78.